The van der Waals surface area contributed by atoms with E-state index in [2.05, 4.69) is 14.0 Å². The van der Waals surface area contributed by atoms with Crippen molar-refractivity contribution in [1.29, 1.82) is 0 Å². The van der Waals surface area contributed by atoms with Gasteiger partial charge in [-0.25, -0.2) is 0 Å². The fourth-order valence-corrected chi connectivity index (χ4v) is 1.55. The second-order valence-electron chi connectivity index (χ2n) is 3.32. The highest BCUT2D eigenvalue weighted by molar-refractivity contribution is 4.60. The van der Waals surface area contributed by atoms with E-state index in [4.69, 9.17) is 4.74 Å². The second kappa shape index (κ2) is 4.73. The molecule has 66 valence electrons. The summed E-state index contributed by atoms with van der Waals surface area (Å²) in [5.74, 6) is 0. The zero-order valence-electron chi connectivity index (χ0n) is 7.44. The van der Waals surface area contributed by atoms with Gasteiger partial charge in [0, 0.05) is 13.0 Å². The predicted molar refractivity (Wildman–Crippen MR) is 45.3 cm³/mol. The molecule has 1 rings (SSSR count). The van der Waals surface area contributed by atoms with Crippen molar-refractivity contribution < 1.29 is 9.64 Å². The smallest absolute Gasteiger partial charge is 0.0963 e. The maximum atomic E-state index is 5.48. The third-order valence-electron chi connectivity index (χ3n) is 2.30. The molecule has 0 aromatic carbocycles. The van der Waals surface area contributed by atoms with Gasteiger partial charge >= 0.3 is 0 Å². The summed E-state index contributed by atoms with van der Waals surface area (Å²) in [6.45, 7) is 5.18. The van der Waals surface area contributed by atoms with Crippen LogP contribution in [0.25, 0.3) is 0 Å². The first kappa shape index (κ1) is 9.01. The first-order valence-corrected chi connectivity index (χ1v) is 4.60. The van der Waals surface area contributed by atoms with Gasteiger partial charge in [-0.1, -0.05) is 6.92 Å². The first-order valence-electron chi connectivity index (χ1n) is 4.60. The van der Waals surface area contributed by atoms with Gasteiger partial charge in [-0.05, 0) is 12.8 Å². The standard InChI is InChI=1S/C9H19NO/c1-3-7-11-8-9-5-4-6-10(9)2/h9-10H,2-8H2,1H3/t9-/m0/s1. The summed E-state index contributed by atoms with van der Waals surface area (Å²) in [4.78, 5) is 1.40. The Hall–Kier alpha value is -0.0800. The Kier molecular flexibility index (Phi) is 3.87. The molecule has 0 aromatic rings. The van der Waals surface area contributed by atoms with Crippen molar-refractivity contribution in [2.75, 3.05) is 19.8 Å². The van der Waals surface area contributed by atoms with Crippen LogP contribution in [0.2, 0.25) is 0 Å². The van der Waals surface area contributed by atoms with Gasteiger partial charge in [-0.3, -0.25) is 0 Å². The lowest BCUT2D eigenvalue weighted by Gasteiger charge is -2.22. The number of quaternary nitrogens is 1. The SMILES string of the molecule is [CH2-][NH+]1CCC[C@H]1COCCC. The van der Waals surface area contributed by atoms with Gasteiger partial charge < -0.3 is 9.64 Å². The molecule has 1 aliphatic heterocycles. The van der Waals surface area contributed by atoms with Crippen LogP contribution in [0, 0.1) is 7.05 Å². The van der Waals surface area contributed by atoms with Crippen molar-refractivity contribution in [1.82, 2.24) is 0 Å². The van der Waals surface area contributed by atoms with Crippen LogP contribution in [-0.4, -0.2) is 25.8 Å². The summed E-state index contributed by atoms with van der Waals surface area (Å²) < 4.78 is 5.48. The number of nitrogens with one attached hydrogen (secondary N) is 1. The minimum absolute atomic E-state index is 0.668. The molecule has 1 fully saturated rings. The number of hydrogen-bond donors (Lipinski definition) is 1. The van der Waals surface area contributed by atoms with E-state index < -0.39 is 0 Å². The Bertz CT molecular complexity index is 106. The number of ether oxygens (including phenoxy) is 1. The van der Waals surface area contributed by atoms with Crippen molar-refractivity contribution in [2.24, 2.45) is 0 Å². The van der Waals surface area contributed by atoms with E-state index in [1.165, 1.54) is 24.3 Å². The van der Waals surface area contributed by atoms with Crippen LogP contribution in [-0.2, 0) is 4.74 Å². The molecule has 0 aliphatic carbocycles. The molecule has 1 unspecified atom stereocenters. The van der Waals surface area contributed by atoms with Crippen LogP contribution in [0.5, 0.6) is 0 Å². The maximum absolute atomic E-state index is 5.48. The van der Waals surface area contributed by atoms with Crippen molar-refractivity contribution in [3.05, 3.63) is 7.05 Å². The summed E-state index contributed by atoms with van der Waals surface area (Å²) >= 11 is 0. The third kappa shape index (κ3) is 2.80. The van der Waals surface area contributed by atoms with Gasteiger partial charge in [0.15, 0.2) is 0 Å². The molecule has 11 heavy (non-hydrogen) atoms. The van der Waals surface area contributed by atoms with Gasteiger partial charge in [0.25, 0.3) is 0 Å². The minimum atomic E-state index is 0.668. The average molecular weight is 157 g/mol. The molecule has 2 heteroatoms. The lowest BCUT2D eigenvalue weighted by molar-refractivity contribution is -0.867. The minimum Gasteiger partial charge on any atom is -0.463 e. The second-order valence-corrected chi connectivity index (χ2v) is 3.32. The number of likely N-dealkylation sites (tertiary alicyclic amines) is 1. The summed E-state index contributed by atoms with van der Waals surface area (Å²) in [5, 5.41) is 0. The molecule has 2 nitrogen and oxygen atoms in total. The highest BCUT2D eigenvalue weighted by Gasteiger charge is 2.20. The van der Waals surface area contributed by atoms with E-state index >= 15 is 0 Å². The zero-order valence-corrected chi connectivity index (χ0v) is 7.44. The van der Waals surface area contributed by atoms with Crippen LogP contribution in [0.4, 0.5) is 0 Å². The fraction of sp³-hybridized carbons (Fsp3) is 0.889. The van der Waals surface area contributed by atoms with E-state index in [1.54, 1.807) is 0 Å². The van der Waals surface area contributed by atoms with Crippen LogP contribution in [0.3, 0.4) is 0 Å². The molecular formula is C9H19NO. The van der Waals surface area contributed by atoms with Crippen LogP contribution >= 0.6 is 0 Å². The molecule has 0 bridgehead atoms. The molecule has 0 aromatic heterocycles. The van der Waals surface area contributed by atoms with Crippen LogP contribution < -0.4 is 4.90 Å². The van der Waals surface area contributed by atoms with Crippen molar-refractivity contribution in [2.45, 2.75) is 32.2 Å². The van der Waals surface area contributed by atoms with Gasteiger partial charge in [-0.15, -0.1) is 0 Å². The van der Waals surface area contributed by atoms with Gasteiger partial charge in [-0.2, -0.15) is 7.05 Å². The Balaban J connectivity index is 2.05. The first-order chi connectivity index (χ1) is 5.34. The molecule has 1 aliphatic rings. The average Bonchev–Trinajstić information content (AvgIpc) is 2.37. The van der Waals surface area contributed by atoms with Crippen molar-refractivity contribution in [3.63, 3.8) is 0 Å². The summed E-state index contributed by atoms with van der Waals surface area (Å²) in [7, 11) is 4.03. The van der Waals surface area contributed by atoms with E-state index in [9.17, 15) is 0 Å². The summed E-state index contributed by atoms with van der Waals surface area (Å²) in [5.41, 5.74) is 0. The summed E-state index contributed by atoms with van der Waals surface area (Å²) in [6, 6.07) is 0.668. The highest BCUT2D eigenvalue weighted by Crippen LogP contribution is 1.99. The number of rotatable bonds is 4. The lowest BCUT2D eigenvalue weighted by Crippen LogP contribution is -3.09. The molecule has 1 N–H and O–H groups in total. The lowest BCUT2D eigenvalue weighted by atomic mass is 10.2. The van der Waals surface area contributed by atoms with E-state index in [-0.39, 0.29) is 0 Å². The zero-order chi connectivity index (χ0) is 8.10. The van der Waals surface area contributed by atoms with Gasteiger partial charge in [0.05, 0.1) is 19.2 Å². The monoisotopic (exact) mass is 157 g/mol. The van der Waals surface area contributed by atoms with Crippen LogP contribution in [0.15, 0.2) is 0 Å². The van der Waals surface area contributed by atoms with Gasteiger partial charge in [0.1, 0.15) is 0 Å². The largest absolute Gasteiger partial charge is 0.463 e. The fourth-order valence-electron chi connectivity index (χ4n) is 1.55. The van der Waals surface area contributed by atoms with Crippen LogP contribution in [0.1, 0.15) is 26.2 Å². The molecule has 2 atom stereocenters. The molecule has 0 spiro atoms. The molecular weight excluding hydrogens is 138 g/mol. The molecule has 0 saturated carbocycles. The quantitative estimate of drug-likeness (QED) is 0.456. The molecule has 0 radical (unpaired) electrons. The molecule has 0 amide bonds. The van der Waals surface area contributed by atoms with E-state index in [1.807, 2.05) is 0 Å². The molecule has 1 saturated heterocycles. The summed E-state index contributed by atoms with van der Waals surface area (Å²) in [6.07, 6.45) is 3.74. The van der Waals surface area contributed by atoms with E-state index in [0.29, 0.717) is 6.04 Å². The Morgan fingerprint density at radius 3 is 3.00 bits per heavy atom. The Morgan fingerprint density at radius 2 is 2.45 bits per heavy atom. The maximum Gasteiger partial charge on any atom is 0.0963 e. The topological polar surface area (TPSA) is 13.7 Å². The van der Waals surface area contributed by atoms with Crippen molar-refractivity contribution >= 4 is 0 Å². The normalized spacial score (nSPS) is 31.1. The third-order valence-corrected chi connectivity index (χ3v) is 2.30. The predicted octanol–water partition coefficient (Wildman–Crippen LogP) is 0.252. The highest BCUT2D eigenvalue weighted by atomic mass is 16.5. The Labute approximate surface area is 69.5 Å². The Morgan fingerprint density at radius 1 is 1.64 bits per heavy atom. The number of hydrogen-bond acceptors (Lipinski definition) is 1. The van der Waals surface area contributed by atoms with Crippen molar-refractivity contribution in [3.8, 4) is 0 Å². The molecule has 1 heterocycles. The van der Waals surface area contributed by atoms with Gasteiger partial charge in [0.2, 0.25) is 0 Å². The van der Waals surface area contributed by atoms with E-state index in [0.717, 1.165) is 19.6 Å².